The quantitative estimate of drug-likeness (QED) is 0.0146. The third-order valence-corrected chi connectivity index (χ3v) is 16.2. The lowest BCUT2D eigenvalue weighted by Gasteiger charge is -2.21. The van der Waals surface area contributed by atoms with Crippen LogP contribution < -0.4 is 0 Å². The molecule has 89 heavy (non-hydrogen) atoms. The zero-order valence-corrected chi connectivity index (χ0v) is 57.4. The Bertz CT molecular complexity index is 2010. The molecule has 0 heterocycles. The van der Waals surface area contributed by atoms with Gasteiger partial charge < -0.3 is 34.2 Å². The van der Waals surface area contributed by atoms with Crippen LogP contribution in [0.25, 0.3) is 0 Å². The van der Waals surface area contributed by atoms with Crippen molar-refractivity contribution < 1.29 is 75.8 Å². The van der Waals surface area contributed by atoms with Gasteiger partial charge in [-0.1, -0.05) is 227 Å². The van der Waals surface area contributed by atoms with Crippen LogP contribution in [0.3, 0.4) is 0 Å². The second kappa shape index (κ2) is 64.6. The highest BCUT2D eigenvalue weighted by Gasteiger charge is 2.29. The van der Waals surface area contributed by atoms with Crippen molar-refractivity contribution in [3.05, 3.63) is 97.2 Å². The van der Waals surface area contributed by atoms with Gasteiger partial charge in [-0.05, 0) is 128 Å². The lowest BCUT2D eigenvalue weighted by molar-refractivity contribution is -0.161. The van der Waals surface area contributed by atoms with E-state index in [0.29, 0.717) is 19.3 Å². The van der Waals surface area contributed by atoms with Crippen LogP contribution in [0.15, 0.2) is 97.2 Å². The maximum absolute atomic E-state index is 12.9. The normalized spacial score (nSPS) is 14.8. The molecule has 0 radical (unpaired) electrons. The molecule has 0 saturated heterocycles. The molecule has 0 aromatic rings. The predicted molar refractivity (Wildman–Crippen MR) is 362 cm³/mol. The Hall–Kier alpha value is -3.53. The van der Waals surface area contributed by atoms with Gasteiger partial charge in [0.1, 0.15) is 25.4 Å². The number of carbonyl (C=O) groups is 3. The van der Waals surface area contributed by atoms with Crippen molar-refractivity contribution in [1.29, 1.82) is 0 Å². The number of rotatable bonds is 65. The highest BCUT2D eigenvalue weighted by atomic mass is 31.2. The van der Waals surface area contributed by atoms with Crippen LogP contribution in [-0.2, 0) is 55.8 Å². The van der Waals surface area contributed by atoms with E-state index in [4.69, 9.17) is 32.3 Å². The van der Waals surface area contributed by atoms with Crippen LogP contribution in [0.1, 0.15) is 278 Å². The fourth-order valence-electron chi connectivity index (χ4n) is 8.91. The molecule has 0 aliphatic heterocycles. The first-order valence-electron chi connectivity index (χ1n) is 34.5. The number of unbranched alkanes of at least 4 members (excludes halogenated alkanes) is 26. The number of hydrogen-bond acceptors (Lipinski definition) is 14. The van der Waals surface area contributed by atoms with Crippen LogP contribution in [0, 0.1) is 0 Å². The summed E-state index contributed by atoms with van der Waals surface area (Å²) in [6.07, 6.45) is 70.2. The smallest absolute Gasteiger partial charge is 0.463 e. The first kappa shape index (κ1) is 85.5. The molecule has 0 aromatic heterocycles. The summed E-state index contributed by atoms with van der Waals surface area (Å²) in [4.78, 5) is 58.3. The molecule has 0 aliphatic carbocycles. The summed E-state index contributed by atoms with van der Waals surface area (Å²) in [7, 11) is -9.78. The van der Waals surface area contributed by atoms with Crippen molar-refractivity contribution in [2.75, 3.05) is 39.6 Å². The SMILES string of the molecule is CCCCC/C=C\C/C=C\C/C=C\C/C=C\CCCCCCCCCC(=O)OCC(O)COP(=O)(O)OCC(O)COP(=O)(O)OCC(COC(=O)CCCCCCC/C=C\C/C=C\CCCCC)OC(=O)CCCCCCC/C=C\C/C=C\CCCCC. The van der Waals surface area contributed by atoms with E-state index in [1.165, 1.54) is 64.2 Å². The van der Waals surface area contributed by atoms with Gasteiger partial charge in [0.15, 0.2) is 6.10 Å². The van der Waals surface area contributed by atoms with E-state index in [2.05, 4.69) is 118 Å². The van der Waals surface area contributed by atoms with E-state index in [1.54, 1.807) is 0 Å². The number of allylic oxidation sites excluding steroid dienone is 16. The minimum absolute atomic E-state index is 0.0847. The average molecular weight is 1300 g/mol. The fraction of sp³-hybridized carbons (Fsp3) is 0.732. The topological polar surface area (TPSA) is 231 Å². The van der Waals surface area contributed by atoms with Crippen molar-refractivity contribution in [3.8, 4) is 0 Å². The standard InChI is InChI=1S/C71H124O16P2/c1-4-7-10-13-16-19-22-25-28-29-30-31-32-33-34-35-38-40-42-45-48-51-54-57-69(74)81-60-66(72)61-83-88(77,78)84-62-67(73)63-85-89(79,80)86-65-68(87-71(76)59-56-53-50-47-44-41-37-27-24-21-18-15-12-9-6-3)64-82-70(75)58-55-52-49-46-43-39-36-26-23-20-17-14-11-8-5-2/h16-21,25-28,30-31,33-34,36-37,66-68,72-73H,4-15,22-24,29,32,35,38-65H2,1-3H3,(H,77,78)(H,79,80)/b19-16-,20-17-,21-18-,28-25-,31-30-,34-33-,36-26-,37-27-. The summed E-state index contributed by atoms with van der Waals surface area (Å²) in [5.74, 6) is -1.62. The lowest BCUT2D eigenvalue weighted by Crippen LogP contribution is -2.30. The van der Waals surface area contributed by atoms with Gasteiger partial charge in [-0.15, -0.1) is 0 Å². The van der Waals surface area contributed by atoms with Gasteiger partial charge in [0.25, 0.3) is 0 Å². The number of aliphatic hydroxyl groups excluding tert-OH is 2. The van der Waals surface area contributed by atoms with Gasteiger partial charge >= 0.3 is 33.6 Å². The van der Waals surface area contributed by atoms with Crippen molar-refractivity contribution in [2.45, 2.75) is 296 Å². The van der Waals surface area contributed by atoms with E-state index in [1.807, 2.05) is 0 Å². The van der Waals surface area contributed by atoms with Crippen LogP contribution in [0.4, 0.5) is 0 Å². The van der Waals surface area contributed by atoms with Crippen molar-refractivity contribution >= 4 is 33.6 Å². The number of carbonyl (C=O) groups excluding carboxylic acids is 3. The number of esters is 3. The molecule has 0 rings (SSSR count). The molecule has 5 atom stereocenters. The molecule has 0 fully saturated rings. The second-order valence-corrected chi connectivity index (χ2v) is 25.9. The number of ether oxygens (including phenoxy) is 3. The zero-order valence-electron chi connectivity index (χ0n) is 55.6. The molecule has 514 valence electrons. The molecular weight excluding hydrogens is 1170 g/mol. The van der Waals surface area contributed by atoms with Crippen LogP contribution in [-0.4, -0.2) is 95.9 Å². The molecule has 5 unspecified atom stereocenters. The van der Waals surface area contributed by atoms with Crippen LogP contribution >= 0.6 is 15.6 Å². The molecule has 0 amide bonds. The van der Waals surface area contributed by atoms with E-state index in [-0.39, 0.29) is 19.3 Å². The maximum atomic E-state index is 12.9. The molecule has 0 aliphatic rings. The van der Waals surface area contributed by atoms with Gasteiger partial charge in [0, 0.05) is 19.3 Å². The van der Waals surface area contributed by atoms with E-state index >= 15 is 0 Å². The van der Waals surface area contributed by atoms with E-state index < -0.39 is 91.5 Å². The number of aliphatic hydroxyl groups is 2. The number of phosphoric acid groups is 2. The monoisotopic (exact) mass is 1290 g/mol. The summed E-state index contributed by atoms with van der Waals surface area (Å²) in [6.45, 7) is 2.54. The molecular formula is C71H124O16P2. The fourth-order valence-corrected chi connectivity index (χ4v) is 10.5. The average Bonchev–Trinajstić information content (AvgIpc) is 3.65. The maximum Gasteiger partial charge on any atom is 0.472 e. The minimum atomic E-state index is -4.93. The van der Waals surface area contributed by atoms with Gasteiger partial charge in [-0.3, -0.25) is 32.5 Å². The van der Waals surface area contributed by atoms with Crippen molar-refractivity contribution in [2.24, 2.45) is 0 Å². The van der Waals surface area contributed by atoms with Gasteiger partial charge in [-0.25, -0.2) is 9.13 Å². The van der Waals surface area contributed by atoms with Gasteiger partial charge in [0.05, 0.1) is 26.4 Å². The highest BCUT2D eigenvalue weighted by Crippen LogP contribution is 2.45. The Morgan fingerprint density at radius 3 is 0.888 bits per heavy atom. The van der Waals surface area contributed by atoms with E-state index in [0.717, 1.165) is 154 Å². The Morgan fingerprint density at radius 2 is 0.562 bits per heavy atom. The van der Waals surface area contributed by atoms with Gasteiger partial charge in [0.2, 0.25) is 0 Å². The molecule has 18 heteroatoms. The molecule has 0 saturated carbocycles. The predicted octanol–water partition coefficient (Wildman–Crippen LogP) is 19.1. The number of hydrogen-bond donors (Lipinski definition) is 4. The first-order valence-corrected chi connectivity index (χ1v) is 37.5. The van der Waals surface area contributed by atoms with Crippen molar-refractivity contribution in [1.82, 2.24) is 0 Å². The molecule has 16 nitrogen and oxygen atoms in total. The summed E-state index contributed by atoms with van der Waals surface area (Å²) in [6, 6.07) is 0. The Morgan fingerprint density at radius 1 is 0.315 bits per heavy atom. The number of phosphoric ester groups is 2. The summed E-state index contributed by atoms with van der Waals surface area (Å²) >= 11 is 0. The van der Waals surface area contributed by atoms with Crippen molar-refractivity contribution in [3.63, 3.8) is 0 Å². The Kier molecular flexibility index (Phi) is 62.0. The van der Waals surface area contributed by atoms with Gasteiger partial charge in [-0.2, -0.15) is 0 Å². The minimum Gasteiger partial charge on any atom is -0.463 e. The molecule has 4 N–H and O–H groups in total. The lowest BCUT2D eigenvalue weighted by atomic mass is 10.1. The first-order chi connectivity index (χ1) is 43.2. The third kappa shape index (κ3) is 65.8. The largest absolute Gasteiger partial charge is 0.472 e. The Balaban J connectivity index is 4.63. The highest BCUT2D eigenvalue weighted by molar-refractivity contribution is 7.47. The van der Waals surface area contributed by atoms with Crippen LogP contribution in [0.5, 0.6) is 0 Å². The zero-order chi connectivity index (χ0) is 65.3. The summed E-state index contributed by atoms with van der Waals surface area (Å²) in [5, 5.41) is 20.5. The second-order valence-electron chi connectivity index (χ2n) is 23.0. The Labute approximate surface area is 539 Å². The van der Waals surface area contributed by atoms with Crippen LogP contribution in [0.2, 0.25) is 0 Å². The molecule has 0 aromatic carbocycles. The molecule has 0 bridgehead atoms. The summed E-state index contributed by atoms with van der Waals surface area (Å²) in [5.41, 5.74) is 0. The van der Waals surface area contributed by atoms with E-state index in [9.17, 15) is 43.5 Å². The molecule has 0 spiro atoms. The summed E-state index contributed by atoms with van der Waals surface area (Å²) < 4.78 is 60.8. The third-order valence-electron chi connectivity index (χ3n) is 14.3.